The second kappa shape index (κ2) is 7.01. The van der Waals surface area contributed by atoms with Crippen LogP contribution in [0.25, 0.3) is 0 Å². The zero-order chi connectivity index (χ0) is 18.8. The highest BCUT2D eigenvalue weighted by Gasteiger charge is 2.60. The van der Waals surface area contributed by atoms with E-state index in [2.05, 4.69) is 36.0 Å². The normalized spacial score (nSPS) is 27.9. The van der Waals surface area contributed by atoms with Gasteiger partial charge in [-0.15, -0.1) is 0 Å². The number of carbonyl (C=O) groups is 3. The zero-order valence-corrected chi connectivity index (χ0v) is 15.5. The fraction of sp³-hybridized carbons (Fsp3) is 0.765. The number of ether oxygens (including phenoxy) is 2. The Kier molecular flexibility index (Phi) is 5.39. The fourth-order valence-corrected chi connectivity index (χ4v) is 3.87. The number of methoxy groups -OCH3 is 1. The standard InChI is InChI=1S/C17H27N3O5/c1-16(2)11-6-7-17(16,3)12(8-11)18-19-13(21)10-25-14(22)9-20(4)15(23)24-5/h11H,6-10H2,1-5H3,(H,19,21). The van der Waals surface area contributed by atoms with Crippen molar-refractivity contribution < 1.29 is 23.9 Å². The molecule has 2 aliphatic carbocycles. The van der Waals surface area contributed by atoms with Crippen LogP contribution in [-0.4, -0.2) is 55.9 Å². The number of hydrogen-bond acceptors (Lipinski definition) is 6. The average Bonchev–Trinajstić information content (AvgIpc) is 2.90. The predicted octanol–water partition coefficient (Wildman–Crippen LogP) is 1.55. The van der Waals surface area contributed by atoms with Crippen LogP contribution in [0.3, 0.4) is 0 Å². The molecule has 2 bridgehead atoms. The van der Waals surface area contributed by atoms with Crippen LogP contribution in [0.1, 0.15) is 40.0 Å². The second-order valence-corrected chi connectivity index (χ2v) is 7.57. The highest BCUT2D eigenvalue weighted by molar-refractivity contribution is 5.95. The Morgan fingerprint density at radius 3 is 2.52 bits per heavy atom. The van der Waals surface area contributed by atoms with Crippen LogP contribution < -0.4 is 5.43 Å². The molecule has 0 aromatic rings. The van der Waals surface area contributed by atoms with E-state index in [-0.39, 0.29) is 17.4 Å². The van der Waals surface area contributed by atoms with E-state index < -0.39 is 24.6 Å². The van der Waals surface area contributed by atoms with Gasteiger partial charge in [0.2, 0.25) is 0 Å². The van der Waals surface area contributed by atoms with Gasteiger partial charge in [-0.25, -0.2) is 10.2 Å². The van der Waals surface area contributed by atoms with Gasteiger partial charge in [-0.05, 0) is 30.6 Å². The molecule has 2 unspecified atom stereocenters. The molecule has 0 radical (unpaired) electrons. The van der Waals surface area contributed by atoms with Gasteiger partial charge in [-0.2, -0.15) is 5.10 Å². The lowest BCUT2D eigenvalue weighted by atomic mass is 9.70. The molecule has 0 aromatic carbocycles. The molecule has 2 amide bonds. The number of amides is 2. The molecule has 2 fully saturated rings. The number of rotatable bonds is 5. The van der Waals surface area contributed by atoms with Crippen molar-refractivity contribution in [3.63, 3.8) is 0 Å². The minimum absolute atomic E-state index is 0.00481. The fourth-order valence-electron chi connectivity index (χ4n) is 3.87. The van der Waals surface area contributed by atoms with Gasteiger partial charge < -0.3 is 14.4 Å². The molecule has 140 valence electrons. The molecule has 1 N–H and O–H groups in total. The number of hydrazone groups is 1. The maximum atomic E-state index is 11.9. The summed E-state index contributed by atoms with van der Waals surface area (Å²) in [4.78, 5) is 35.7. The van der Waals surface area contributed by atoms with Crippen LogP contribution in [-0.2, 0) is 19.1 Å². The number of fused-ring (bicyclic) bond motifs is 2. The molecular formula is C17H27N3O5. The third-order valence-corrected chi connectivity index (χ3v) is 6.04. The summed E-state index contributed by atoms with van der Waals surface area (Å²) < 4.78 is 9.31. The summed E-state index contributed by atoms with van der Waals surface area (Å²) >= 11 is 0. The number of esters is 1. The van der Waals surface area contributed by atoms with E-state index in [9.17, 15) is 14.4 Å². The molecule has 0 heterocycles. The summed E-state index contributed by atoms with van der Waals surface area (Å²) in [5, 5.41) is 4.29. The smallest absolute Gasteiger partial charge is 0.409 e. The molecule has 0 saturated heterocycles. The lowest BCUT2D eigenvalue weighted by Gasteiger charge is -2.34. The van der Waals surface area contributed by atoms with Gasteiger partial charge in [0.15, 0.2) is 6.61 Å². The molecule has 0 aromatic heterocycles. The highest BCUT2D eigenvalue weighted by atomic mass is 16.6. The minimum Gasteiger partial charge on any atom is -0.454 e. The van der Waals surface area contributed by atoms with E-state index in [0.29, 0.717) is 5.92 Å². The Labute approximate surface area is 147 Å². The van der Waals surface area contributed by atoms with Crippen LogP contribution in [0.15, 0.2) is 5.10 Å². The first kappa shape index (κ1) is 19.2. The Hall–Kier alpha value is -2.12. The Balaban J connectivity index is 1.80. The third kappa shape index (κ3) is 3.62. The molecule has 25 heavy (non-hydrogen) atoms. The summed E-state index contributed by atoms with van der Waals surface area (Å²) in [6.07, 6.45) is 2.52. The van der Waals surface area contributed by atoms with E-state index >= 15 is 0 Å². The largest absolute Gasteiger partial charge is 0.454 e. The average molecular weight is 353 g/mol. The summed E-state index contributed by atoms with van der Waals surface area (Å²) in [5.41, 5.74) is 3.68. The number of carbonyl (C=O) groups excluding carboxylic acids is 3. The van der Waals surface area contributed by atoms with E-state index in [4.69, 9.17) is 4.74 Å². The van der Waals surface area contributed by atoms with Crippen LogP contribution >= 0.6 is 0 Å². The number of likely N-dealkylation sites (N-methyl/N-ethyl adjacent to an activating group) is 1. The van der Waals surface area contributed by atoms with Gasteiger partial charge in [-0.3, -0.25) is 9.59 Å². The molecule has 2 aliphatic rings. The van der Waals surface area contributed by atoms with Gasteiger partial charge in [0, 0.05) is 18.2 Å². The third-order valence-electron chi connectivity index (χ3n) is 6.04. The van der Waals surface area contributed by atoms with Crippen molar-refractivity contribution in [2.45, 2.75) is 40.0 Å². The van der Waals surface area contributed by atoms with Crippen molar-refractivity contribution in [2.24, 2.45) is 21.8 Å². The summed E-state index contributed by atoms with van der Waals surface area (Å²) in [7, 11) is 2.62. The molecule has 8 nitrogen and oxygen atoms in total. The number of nitrogens with zero attached hydrogens (tertiary/aromatic N) is 2. The highest BCUT2D eigenvalue weighted by Crippen LogP contribution is 2.63. The van der Waals surface area contributed by atoms with Gasteiger partial charge in [-0.1, -0.05) is 20.8 Å². The van der Waals surface area contributed by atoms with Gasteiger partial charge in [0.05, 0.1) is 7.11 Å². The number of hydrogen-bond donors (Lipinski definition) is 1. The Bertz CT molecular complexity index is 601. The molecule has 8 heteroatoms. The maximum absolute atomic E-state index is 11.9. The van der Waals surface area contributed by atoms with E-state index in [0.717, 1.165) is 23.5 Å². The van der Waals surface area contributed by atoms with Crippen molar-refractivity contribution in [3.05, 3.63) is 0 Å². The van der Waals surface area contributed by atoms with Gasteiger partial charge in [0.25, 0.3) is 5.91 Å². The van der Waals surface area contributed by atoms with Crippen LogP contribution in [0.5, 0.6) is 0 Å². The zero-order valence-electron chi connectivity index (χ0n) is 15.5. The summed E-state index contributed by atoms with van der Waals surface area (Å²) in [5.74, 6) is -0.589. The summed E-state index contributed by atoms with van der Waals surface area (Å²) in [6, 6.07) is 0. The van der Waals surface area contributed by atoms with Gasteiger partial charge in [0.1, 0.15) is 6.54 Å². The van der Waals surface area contributed by atoms with Crippen LogP contribution in [0, 0.1) is 16.7 Å². The van der Waals surface area contributed by atoms with Crippen molar-refractivity contribution in [1.82, 2.24) is 10.3 Å². The summed E-state index contributed by atoms with van der Waals surface area (Å²) in [6.45, 7) is 5.99. The molecule has 2 saturated carbocycles. The van der Waals surface area contributed by atoms with Gasteiger partial charge >= 0.3 is 12.1 Å². The van der Waals surface area contributed by atoms with Crippen molar-refractivity contribution in [2.75, 3.05) is 27.3 Å². The van der Waals surface area contributed by atoms with Crippen molar-refractivity contribution in [1.29, 1.82) is 0 Å². The van der Waals surface area contributed by atoms with Crippen molar-refractivity contribution >= 4 is 23.7 Å². The first-order valence-corrected chi connectivity index (χ1v) is 8.42. The first-order valence-electron chi connectivity index (χ1n) is 8.42. The SMILES string of the molecule is COC(=O)N(C)CC(=O)OCC(=O)NN=C1CC2CCC1(C)C2(C)C. The molecule has 0 aliphatic heterocycles. The Morgan fingerprint density at radius 2 is 2.00 bits per heavy atom. The maximum Gasteiger partial charge on any atom is 0.409 e. The predicted molar refractivity (Wildman–Crippen MR) is 90.8 cm³/mol. The minimum atomic E-state index is -0.691. The Morgan fingerprint density at radius 1 is 1.32 bits per heavy atom. The van der Waals surface area contributed by atoms with E-state index in [1.54, 1.807) is 0 Å². The first-order chi connectivity index (χ1) is 11.6. The molecule has 2 rings (SSSR count). The number of nitrogens with one attached hydrogen (secondary N) is 1. The lowest BCUT2D eigenvalue weighted by molar-refractivity contribution is -0.149. The molecule has 0 spiro atoms. The van der Waals surface area contributed by atoms with Crippen LogP contribution in [0.4, 0.5) is 4.79 Å². The topological polar surface area (TPSA) is 97.3 Å². The van der Waals surface area contributed by atoms with E-state index in [1.807, 2.05) is 0 Å². The van der Waals surface area contributed by atoms with Crippen LogP contribution in [0.2, 0.25) is 0 Å². The quantitative estimate of drug-likeness (QED) is 0.597. The monoisotopic (exact) mass is 353 g/mol. The second-order valence-electron chi connectivity index (χ2n) is 7.57. The lowest BCUT2D eigenvalue weighted by Crippen LogP contribution is -2.36. The molecule has 2 atom stereocenters. The van der Waals surface area contributed by atoms with E-state index in [1.165, 1.54) is 20.6 Å². The molecular weight excluding hydrogens is 326 g/mol. The van der Waals surface area contributed by atoms with Crippen molar-refractivity contribution in [3.8, 4) is 0 Å².